The van der Waals surface area contributed by atoms with E-state index >= 15 is 0 Å². The number of quaternary nitrogens is 1. The van der Waals surface area contributed by atoms with E-state index in [0.717, 1.165) is 49.0 Å². The monoisotopic (exact) mass is 602 g/mol. The number of hydrogen-bond donors (Lipinski definition) is 0. The zero-order valence-electron chi connectivity index (χ0n) is 21.8. The summed E-state index contributed by atoms with van der Waals surface area (Å²) < 4.78 is 13.0. The summed E-state index contributed by atoms with van der Waals surface area (Å²) in [5, 5.41) is 9.54. The summed E-state index contributed by atoms with van der Waals surface area (Å²) in [6.07, 6.45) is 7.45. The number of benzene rings is 1. The van der Waals surface area contributed by atoms with Crippen molar-refractivity contribution >= 4 is 5.97 Å². The van der Waals surface area contributed by atoms with Gasteiger partial charge < -0.3 is 42.8 Å². The number of carbonyl (C=O) groups excluding carboxylic acids is 1. The van der Waals surface area contributed by atoms with E-state index in [1.54, 1.807) is 0 Å². The average molecular weight is 603 g/mol. The molecule has 196 valence electrons. The smallest absolute Gasteiger partial charge is 0.367 e. The molecule has 0 bridgehead atoms. The van der Waals surface area contributed by atoms with Crippen molar-refractivity contribution in [3.8, 4) is 11.5 Å². The van der Waals surface area contributed by atoms with E-state index in [-0.39, 0.29) is 54.6 Å². The number of ether oxygens (including phenoxy) is 2. The van der Waals surface area contributed by atoms with Crippen LogP contribution in [0.25, 0.3) is 0 Å². The molecular formula is C26H39IN2O6. The molecule has 0 aromatic heterocycles. The van der Waals surface area contributed by atoms with Gasteiger partial charge in [-0.15, -0.1) is 10.1 Å². The number of halogens is 1. The molecule has 0 radical (unpaired) electrons. The van der Waals surface area contributed by atoms with Gasteiger partial charge in [0.05, 0.1) is 27.7 Å². The van der Waals surface area contributed by atoms with Crippen molar-refractivity contribution < 1.29 is 52.7 Å². The standard InChI is InChI=1S/C26H39N2O6.HI/c1-18-11-12-21-20(14-18)25-22(33-24(29)17-28(4,5)6)15-19(16-23(25)34-26(21,2)3)10-8-7-9-13-32-27(30)31;/h14-16,20-21H,7-13,17H2,1-6H3;1H/q+1;/p-1/t20-,21-;/m1./s1. The number of aryl methyl sites for hydroxylation is 1. The molecule has 0 unspecified atom stereocenters. The molecule has 0 fully saturated rings. The van der Waals surface area contributed by atoms with E-state index in [2.05, 4.69) is 37.8 Å². The molecule has 2 aliphatic rings. The van der Waals surface area contributed by atoms with Gasteiger partial charge in [-0.3, -0.25) is 0 Å². The van der Waals surface area contributed by atoms with Gasteiger partial charge in [-0.25, -0.2) is 4.79 Å². The molecule has 9 heteroatoms. The summed E-state index contributed by atoms with van der Waals surface area (Å²) in [4.78, 5) is 27.5. The lowest BCUT2D eigenvalue weighted by Gasteiger charge is -2.46. The summed E-state index contributed by atoms with van der Waals surface area (Å²) in [5.41, 5.74) is 3.04. The number of unbranched alkanes of at least 4 members (excludes halogenated alkanes) is 2. The highest BCUT2D eigenvalue weighted by atomic mass is 127. The third-order valence-corrected chi connectivity index (χ3v) is 6.64. The Kier molecular flexibility index (Phi) is 9.98. The normalized spacial score (nSPS) is 20.3. The fraction of sp³-hybridized carbons (Fsp3) is 0.654. The summed E-state index contributed by atoms with van der Waals surface area (Å²) in [6.45, 7) is 6.83. The predicted molar refractivity (Wildman–Crippen MR) is 129 cm³/mol. The maximum absolute atomic E-state index is 12.8. The second-order valence-corrected chi connectivity index (χ2v) is 11.2. The lowest BCUT2D eigenvalue weighted by molar-refractivity contribution is -0.862. The molecule has 1 aromatic rings. The fourth-order valence-corrected chi connectivity index (χ4v) is 5.08. The first-order valence-electron chi connectivity index (χ1n) is 12.2. The molecule has 0 N–H and O–H groups in total. The third kappa shape index (κ3) is 8.06. The van der Waals surface area contributed by atoms with Gasteiger partial charge in [0.15, 0.2) is 6.54 Å². The van der Waals surface area contributed by atoms with Crippen molar-refractivity contribution in [1.82, 2.24) is 0 Å². The van der Waals surface area contributed by atoms with Gasteiger partial charge in [-0.05, 0) is 70.6 Å². The minimum atomic E-state index is -0.756. The highest BCUT2D eigenvalue weighted by Crippen LogP contribution is 2.53. The van der Waals surface area contributed by atoms with Gasteiger partial charge >= 0.3 is 5.97 Å². The largest absolute Gasteiger partial charge is 1.00 e. The van der Waals surface area contributed by atoms with E-state index in [0.29, 0.717) is 22.6 Å². The number of nitrogens with zero attached hydrogens (tertiary/aromatic N) is 2. The molecule has 1 heterocycles. The molecule has 35 heavy (non-hydrogen) atoms. The Labute approximate surface area is 225 Å². The van der Waals surface area contributed by atoms with Crippen LogP contribution in [0.4, 0.5) is 0 Å². The van der Waals surface area contributed by atoms with Crippen molar-refractivity contribution in [1.29, 1.82) is 0 Å². The van der Waals surface area contributed by atoms with Crippen LogP contribution >= 0.6 is 0 Å². The van der Waals surface area contributed by atoms with E-state index < -0.39 is 5.09 Å². The summed E-state index contributed by atoms with van der Waals surface area (Å²) in [5.74, 6) is 1.58. The van der Waals surface area contributed by atoms with Crippen LogP contribution in [0, 0.1) is 16.0 Å². The van der Waals surface area contributed by atoms with Crippen molar-refractivity contribution in [3.05, 3.63) is 45.0 Å². The second-order valence-electron chi connectivity index (χ2n) is 11.2. The minimum Gasteiger partial charge on any atom is -1.00 e. The topological polar surface area (TPSA) is 87.9 Å². The van der Waals surface area contributed by atoms with E-state index in [9.17, 15) is 14.9 Å². The number of likely N-dealkylation sites (N-methyl/N-ethyl adjacent to an activating group) is 1. The predicted octanol–water partition coefficient (Wildman–Crippen LogP) is 1.83. The van der Waals surface area contributed by atoms with Gasteiger partial charge in [-0.2, -0.15) is 0 Å². The molecular weight excluding hydrogens is 563 g/mol. The van der Waals surface area contributed by atoms with Crippen molar-refractivity contribution in [3.63, 3.8) is 0 Å². The van der Waals surface area contributed by atoms with Crippen LogP contribution < -0.4 is 33.5 Å². The van der Waals surface area contributed by atoms with Crippen LogP contribution in [0.5, 0.6) is 11.5 Å². The Morgan fingerprint density at radius 2 is 1.94 bits per heavy atom. The molecule has 0 saturated heterocycles. The van der Waals surface area contributed by atoms with Crippen LogP contribution in [-0.4, -0.2) is 55.4 Å². The first-order chi connectivity index (χ1) is 15.9. The Bertz CT molecular complexity index is 954. The maximum Gasteiger partial charge on any atom is 0.367 e. The van der Waals surface area contributed by atoms with Crippen LogP contribution in [0.15, 0.2) is 23.8 Å². The Morgan fingerprint density at radius 1 is 1.23 bits per heavy atom. The summed E-state index contributed by atoms with van der Waals surface area (Å²) >= 11 is 0. The van der Waals surface area contributed by atoms with Crippen molar-refractivity contribution in [2.24, 2.45) is 5.92 Å². The molecule has 0 amide bonds. The van der Waals surface area contributed by atoms with E-state index in [1.165, 1.54) is 5.57 Å². The molecule has 0 saturated carbocycles. The average Bonchev–Trinajstić information content (AvgIpc) is 2.67. The van der Waals surface area contributed by atoms with Gasteiger partial charge in [0.25, 0.3) is 5.09 Å². The summed E-state index contributed by atoms with van der Waals surface area (Å²) in [7, 11) is 5.89. The van der Waals surface area contributed by atoms with E-state index in [4.69, 9.17) is 9.47 Å². The number of allylic oxidation sites excluding steroid dienone is 2. The third-order valence-electron chi connectivity index (χ3n) is 6.64. The van der Waals surface area contributed by atoms with Gasteiger partial charge in [-0.1, -0.05) is 18.1 Å². The molecule has 8 nitrogen and oxygen atoms in total. The van der Waals surface area contributed by atoms with Gasteiger partial charge in [0, 0.05) is 17.4 Å². The molecule has 1 aliphatic carbocycles. The Morgan fingerprint density at radius 3 is 2.60 bits per heavy atom. The first-order valence-corrected chi connectivity index (χ1v) is 12.2. The van der Waals surface area contributed by atoms with Crippen molar-refractivity contribution in [2.45, 2.75) is 70.8 Å². The maximum atomic E-state index is 12.8. The number of carbonyl (C=O) groups is 1. The van der Waals surface area contributed by atoms with Gasteiger partial charge in [0.2, 0.25) is 0 Å². The summed E-state index contributed by atoms with van der Waals surface area (Å²) in [6, 6.07) is 4.06. The first kappa shape index (κ1) is 29.4. The molecule has 0 spiro atoms. The highest BCUT2D eigenvalue weighted by Gasteiger charge is 2.45. The lowest BCUT2D eigenvalue weighted by atomic mass is 9.68. The molecule has 3 rings (SSSR count). The zero-order chi connectivity index (χ0) is 25.1. The fourth-order valence-electron chi connectivity index (χ4n) is 5.08. The van der Waals surface area contributed by atoms with Crippen LogP contribution in [0.1, 0.15) is 69.9 Å². The number of esters is 1. The quantitative estimate of drug-likeness (QED) is 0.0594. The Balaban J connectivity index is 0.00000432. The van der Waals surface area contributed by atoms with Gasteiger partial charge in [0.1, 0.15) is 17.1 Å². The van der Waals surface area contributed by atoms with Crippen LogP contribution in [-0.2, 0) is 16.1 Å². The molecule has 2 atom stereocenters. The zero-order valence-corrected chi connectivity index (χ0v) is 23.9. The number of fused-ring (bicyclic) bond motifs is 3. The number of hydrogen-bond acceptors (Lipinski definition) is 6. The SMILES string of the molecule is CC1=C[C@H]2c3c(OC(=O)C[N+](C)(C)C)cc(CCCCCO[N+](=O)[O-])cc3OC(C)(C)[C@@H]2CC1.[I-]. The van der Waals surface area contributed by atoms with Crippen molar-refractivity contribution in [2.75, 3.05) is 34.3 Å². The lowest BCUT2D eigenvalue weighted by Crippen LogP contribution is -3.00. The Hall–Kier alpha value is -1.88. The second kappa shape index (κ2) is 11.9. The van der Waals surface area contributed by atoms with Crippen LogP contribution in [0.3, 0.4) is 0 Å². The number of rotatable bonds is 10. The van der Waals surface area contributed by atoms with Crippen LogP contribution in [0.2, 0.25) is 0 Å². The van der Waals surface area contributed by atoms with E-state index in [1.807, 2.05) is 27.2 Å². The highest BCUT2D eigenvalue weighted by molar-refractivity contribution is 5.75. The minimum absolute atomic E-state index is 0. The molecule has 1 aliphatic heterocycles. The molecule has 1 aromatic carbocycles.